The van der Waals surface area contributed by atoms with Gasteiger partial charge in [0.15, 0.2) is 15.0 Å². The van der Waals surface area contributed by atoms with Crippen molar-refractivity contribution >= 4 is 38.1 Å². The maximum Gasteiger partial charge on any atom is 0.175 e. The predicted octanol–water partition coefficient (Wildman–Crippen LogP) is 3.70. The quantitative estimate of drug-likeness (QED) is 0.616. The Morgan fingerprint density at radius 1 is 1.32 bits per heavy atom. The topological polar surface area (TPSA) is 85.4 Å². The molecule has 0 spiro atoms. The standard InChI is InChI=1S/C17H21N3O2S3/c1-25(21,22)15-8-6-12(7-9-15)16-19-14(10-23-16)11-24-17(18)20-13-4-2-3-5-13/h6-10,13H,2-5,11H2,1H3,(H2,18,20). The first-order valence-electron chi connectivity index (χ1n) is 8.13. The maximum absolute atomic E-state index is 11.5. The molecule has 1 aliphatic carbocycles. The lowest BCUT2D eigenvalue weighted by Gasteiger charge is -2.04. The average Bonchev–Trinajstić information content (AvgIpc) is 3.24. The number of hydrogen-bond donors (Lipinski definition) is 1. The minimum Gasteiger partial charge on any atom is -0.379 e. The second-order valence-corrected chi connectivity index (χ2v) is 10.0. The summed E-state index contributed by atoms with van der Waals surface area (Å²) in [5, 5.41) is 3.52. The zero-order chi connectivity index (χ0) is 17.9. The predicted molar refractivity (Wildman–Crippen MR) is 106 cm³/mol. The van der Waals surface area contributed by atoms with Gasteiger partial charge in [0.2, 0.25) is 0 Å². The van der Waals surface area contributed by atoms with E-state index in [9.17, 15) is 8.42 Å². The number of rotatable bonds is 5. The van der Waals surface area contributed by atoms with Crippen LogP contribution in [0, 0.1) is 0 Å². The summed E-state index contributed by atoms with van der Waals surface area (Å²) >= 11 is 3.07. The third-order valence-corrected chi connectivity index (χ3v) is 6.99. The molecule has 0 amide bonds. The van der Waals surface area contributed by atoms with Crippen LogP contribution in [0.25, 0.3) is 10.6 Å². The number of thiazole rings is 1. The lowest BCUT2D eigenvalue weighted by atomic mass is 10.2. The summed E-state index contributed by atoms with van der Waals surface area (Å²) in [6.07, 6.45) is 5.99. The van der Waals surface area contributed by atoms with Gasteiger partial charge in [0, 0.05) is 23.0 Å². The first kappa shape index (κ1) is 18.4. The SMILES string of the molecule is CS(=O)(=O)c1ccc(-c2nc(CSC(N)=NC3CCCC3)cs2)cc1. The number of aromatic nitrogens is 1. The van der Waals surface area contributed by atoms with Gasteiger partial charge in [0.25, 0.3) is 0 Å². The highest BCUT2D eigenvalue weighted by Crippen LogP contribution is 2.27. The fourth-order valence-electron chi connectivity index (χ4n) is 2.75. The fraction of sp³-hybridized carbons (Fsp3) is 0.412. The van der Waals surface area contributed by atoms with E-state index >= 15 is 0 Å². The number of hydrogen-bond acceptors (Lipinski definition) is 6. The molecule has 0 radical (unpaired) electrons. The number of amidine groups is 1. The van der Waals surface area contributed by atoms with Crippen molar-refractivity contribution in [1.82, 2.24) is 4.98 Å². The third-order valence-electron chi connectivity index (χ3n) is 4.08. The molecule has 2 aromatic rings. The number of thioether (sulfide) groups is 1. The summed E-state index contributed by atoms with van der Waals surface area (Å²) in [6, 6.07) is 7.22. The van der Waals surface area contributed by atoms with Gasteiger partial charge in [-0.25, -0.2) is 13.4 Å². The second-order valence-electron chi connectivity index (χ2n) is 6.13. The lowest BCUT2D eigenvalue weighted by molar-refractivity contribution is 0.602. The molecule has 1 fully saturated rings. The van der Waals surface area contributed by atoms with Gasteiger partial charge in [0.05, 0.1) is 16.6 Å². The highest BCUT2D eigenvalue weighted by Gasteiger charge is 2.14. The van der Waals surface area contributed by atoms with Crippen LogP contribution in [-0.2, 0) is 15.6 Å². The van der Waals surface area contributed by atoms with Crippen LogP contribution in [-0.4, -0.2) is 30.9 Å². The van der Waals surface area contributed by atoms with E-state index in [1.165, 1.54) is 30.9 Å². The van der Waals surface area contributed by atoms with Gasteiger partial charge in [-0.1, -0.05) is 36.7 Å². The summed E-state index contributed by atoms with van der Waals surface area (Å²) in [5.41, 5.74) is 7.89. The van der Waals surface area contributed by atoms with Crippen LogP contribution >= 0.6 is 23.1 Å². The van der Waals surface area contributed by atoms with Crippen molar-refractivity contribution in [3.63, 3.8) is 0 Å². The molecule has 3 rings (SSSR count). The van der Waals surface area contributed by atoms with Crippen molar-refractivity contribution in [1.29, 1.82) is 0 Å². The fourth-order valence-corrected chi connectivity index (χ4v) is 4.98. The lowest BCUT2D eigenvalue weighted by Crippen LogP contribution is -2.11. The molecule has 1 aliphatic rings. The van der Waals surface area contributed by atoms with Gasteiger partial charge >= 0.3 is 0 Å². The zero-order valence-electron chi connectivity index (χ0n) is 14.0. The highest BCUT2D eigenvalue weighted by molar-refractivity contribution is 8.13. The molecule has 0 atom stereocenters. The maximum atomic E-state index is 11.5. The van der Waals surface area contributed by atoms with Crippen LogP contribution in [0.4, 0.5) is 0 Å². The Labute approximate surface area is 156 Å². The van der Waals surface area contributed by atoms with E-state index in [1.54, 1.807) is 35.6 Å². The Morgan fingerprint density at radius 2 is 2.00 bits per heavy atom. The van der Waals surface area contributed by atoms with Crippen LogP contribution < -0.4 is 5.73 Å². The Hall–Kier alpha value is -1.38. The average molecular weight is 396 g/mol. The summed E-state index contributed by atoms with van der Waals surface area (Å²) in [6.45, 7) is 0. The number of nitrogens with zero attached hydrogens (tertiary/aromatic N) is 2. The molecule has 8 heteroatoms. The number of sulfone groups is 1. The molecule has 5 nitrogen and oxygen atoms in total. The molecule has 1 heterocycles. The summed E-state index contributed by atoms with van der Waals surface area (Å²) in [5.74, 6) is 0.694. The smallest absolute Gasteiger partial charge is 0.175 e. The van der Waals surface area contributed by atoms with Crippen LogP contribution in [0.5, 0.6) is 0 Å². The Balaban J connectivity index is 1.62. The minimum atomic E-state index is -3.17. The molecule has 25 heavy (non-hydrogen) atoms. The van der Waals surface area contributed by atoms with E-state index < -0.39 is 9.84 Å². The molecule has 1 saturated carbocycles. The molecule has 2 N–H and O–H groups in total. The van der Waals surface area contributed by atoms with E-state index in [0.717, 1.165) is 29.1 Å². The normalized spacial score (nSPS) is 16.4. The van der Waals surface area contributed by atoms with Crippen LogP contribution in [0.2, 0.25) is 0 Å². The minimum absolute atomic E-state index is 0.319. The van der Waals surface area contributed by atoms with E-state index in [0.29, 0.717) is 21.9 Å². The molecule has 134 valence electrons. The number of aliphatic imine (C=N–C) groups is 1. The van der Waals surface area contributed by atoms with Gasteiger partial charge < -0.3 is 5.73 Å². The van der Waals surface area contributed by atoms with Gasteiger partial charge in [-0.2, -0.15) is 0 Å². The molecular weight excluding hydrogens is 374 g/mol. The first-order valence-corrected chi connectivity index (χ1v) is 11.9. The van der Waals surface area contributed by atoms with E-state index in [4.69, 9.17) is 5.73 Å². The van der Waals surface area contributed by atoms with Gasteiger partial charge in [-0.15, -0.1) is 11.3 Å². The largest absolute Gasteiger partial charge is 0.379 e. The van der Waals surface area contributed by atoms with Gasteiger partial charge in [0.1, 0.15) is 5.01 Å². The van der Waals surface area contributed by atoms with E-state index in [-0.39, 0.29) is 0 Å². The summed E-state index contributed by atoms with van der Waals surface area (Å²) in [7, 11) is -3.17. The molecule has 1 aromatic carbocycles. The van der Waals surface area contributed by atoms with Crippen molar-refractivity contribution in [2.45, 2.75) is 42.4 Å². The Morgan fingerprint density at radius 3 is 2.64 bits per heavy atom. The second kappa shape index (κ2) is 7.88. The third kappa shape index (κ3) is 5.05. The molecule has 0 aliphatic heterocycles. The van der Waals surface area contributed by atoms with Crippen LogP contribution in [0.15, 0.2) is 39.5 Å². The monoisotopic (exact) mass is 395 g/mol. The van der Waals surface area contributed by atoms with Gasteiger partial charge in [-0.3, -0.25) is 4.99 Å². The van der Waals surface area contributed by atoms with Crippen molar-refractivity contribution in [2.75, 3.05) is 6.26 Å². The van der Waals surface area contributed by atoms with Crippen LogP contribution in [0.3, 0.4) is 0 Å². The van der Waals surface area contributed by atoms with Crippen molar-refractivity contribution in [3.8, 4) is 10.6 Å². The number of nitrogens with two attached hydrogens (primary N) is 1. The van der Waals surface area contributed by atoms with Crippen molar-refractivity contribution in [3.05, 3.63) is 35.3 Å². The number of benzene rings is 1. The Kier molecular flexibility index (Phi) is 5.81. The van der Waals surface area contributed by atoms with E-state index in [2.05, 4.69) is 9.98 Å². The summed E-state index contributed by atoms with van der Waals surface area (Å²) < 4.78 is 23.0. The molecule has 1 aromatic heterocycles. The van der Waals surface area contributed by atoms with Crippen molar-refractivity contribution in [2.24, 2.45) is 10.7 Å². The highest BCUT2D eigenvalue weighted by atomic mass is 32.2. The molecule has 0 bridgehead atoms. The molecular formula is C17H21N3O2S3. The van der Waals surface area contributed by atoms with Crippen LogP contribution in [0.1, 0.15) is 31.4 Å². The Bertz CT molecular complexity index is 852. The first-order chi connectivity index (χ1) is 11.9. The van der Waals surface area contributed by atoms with Gasteiger partial charge in [-0.05, 0) is 25.0 Å². The zero-order valence-corrected chi connectivity index (χ0v) is 16.5. The molecule has 0 saturated heterocycles. The molecule has 0 unspecified atom stereocenters. The summed E-state index contributed by atoms with van der Waals surface area (Å²) in [4.78, 5) is 9.50. The van der Waals surface area contributed by atoms with E-state index in [1.807, 2.05) is 5.38 Å². The van der Waals surface area contributed by atoms with Crippen molar-refractivity contribution < 1.29 is 8.42 Å².